The molecule has 4 amide bonds. The van der Waals surface area contributed by atoms with Gasteiger partial charge in [-0.25, -0.2) is 19.5 Å². The fourth-order valence-electron chi connectivity index (χ4n) is 4.92. The molecular weight excluding hydrogens is 542 g/mol. The van der Waals surface area contributed by atoms with Gasteiger partial charge in [0.05, 0.1) is 18.9 Å². The predicted molar refractivity (Wildman–Crippen MR) is 156 cm³/mol. The lowest BCUT2D eigenvalue weighted by molar-refractivity contribution is -0.122. The number of para-hydroxylation sites is 1. The number of hydrazine groups is 1. The molecule has 10 nitrogen and oxygen atoms in total. The molecule has 1 aromatic heterocycles. The number of hydrogen-bond donors (Lipinski definition) is 0. The van der Waals surface area contributed by atoms with Crippen molar-refractivity contribution in [1.29, 1.82) is 0 Å². The van der Waals surface area contributed by atoms with Gasteiger partial charge >= 0.3 is 12.1 Å². The minimum atomic E-state index is -0.936. The number of rotatable bonds is 7. The lowest BCUT2D eigenvalue weighted by atomic mass is 10.2. The van der Waals surface area contributed by atoms with Crippen LogP contribution in [0, 0.1) is 0 Å². The number of ether oxygens (including phenoxy) is 2. The number of amides is 4. The molecule has 11 heteroatoms. The molecule has 5 rings (SSSR count). The van der Waals surface area contributed by atoms with Gasteiger partial charge in [-0.3, -0.25) is 19.7 Å². The van der Waals surface area contributed by atoms with E-state index < -0.39 is 29.4 Å². The van der Waals surface area contributed by atoms with E-state index in [0.717, 1.165) is 11.1 Å². The first-order valence-corrected chi connectivity index (χ1v) is 14.7. The normalized spacial score (nSPS) is 19.0. The molecule has 0 saturated carbocycles. The highest BCUT2D eigenvalue weighted by Gasteiger charge is 2.47. The van der Waals surface area contributed by atoms with Gasteiger partial charge in [0.25, 0.3) is 5.91 Å². The number of nitrogens with zero attached hydrogens (tertiary/aromatic N) is 5. The second-order valence-electron chi connectivity index (χ2n) is 9.50. The van der Waals surface area contributed by atoms with Crippen LogP contribution < -0.4 is 4.90 Å². The molecule has 2 aliphatic heterocycles. The van der Waals surface area contributed by atoms with E-state index in [1.54, 1.807) is 41.7 Å². The molecule has 0 bridgehead atoms. The molecule has 2 unspecified atom stereocenters. The van der Waals surface area contributed by atoms with E-state index in [-0.39, 0.29) is 6.61 Å². The maximum atomic E-state index is 14.4. The fourth-order valence-corrected chi connectivity index (χ4v) is 6.33. The summed E-state index contributed by atoms with van der Waals surface area (Å²) in [7, 11) is 0. The van der Waals surface area contributed by atoms with Gasteiger partial charge in [-0.1, -0.05) is 48.5 Å². The molecule has 0 spiro atoms. The van der Waals surface area contributed by atoms with Crippen LogP contribution >= 0.6 is 11.8 Å². The number of imide groups is 1. The maximum Gasteiger partial charge on any atom is 0.412 e. The number of hydrogen-bond acceptors (Lipinski definition) is 8. The van der Waals surface area contributed by atoms with Gasteiger partial charge in [0.15, 0.2) is 0 Å². The number of benzene rings is 2. The molecule has 2 fully saturated rings. The highest BCUT2D eigenvalue weighted by atomic mass is 32.2. The standard InChI is InChI=1S/C30H33N5O5S/c1-2-33(32-17-19-39-20-18-32)29(37)34(25-11-7-4-8-12-25)27(36)26-22-41-28(24-13-15-31-16-14-24)35(26)30(38)40-21-23-9-5-3-6-10-23/h3-16,26,28H,2,17-22H2,1H3. The Hall–Kier alpha value is -3.93. The quantitative estimate of drug-likeness (QED) is 0.405. The van der Waals surface area contributed by atoms with Gasteiger partial charge in [0, 0.05) is 37.8 Å². The largest absolute Gasteiger partial charge is 0.444 e. The van der Waals surface area contributed by atoms with Gasteiger partial charge in [-0.2, -0.15) is 0 Å². The third-order valence-electron chi connectivity index (χ3n) is 6.97. The average molecular weight is 576 g/mol. The highest BCUT2D eigenvalue weighted by Crippen LogP contribution is 2.42. The van der Waals surface area contributed by atoms with Crippen LogP contribution in [0.2, 0.25) is 0 Å². The van der Waals surface area contributed by atoms with Crippen molar-refractivity contribution in [2.75, 3.05) is 43.5 Å². The van der Waals surface area contributed by atoms with Gasteiger partial charge in [0.2, 0.25) is 0 Å². The van der Waals surface area contributed by atoms with Crippen LogP contribution in [-0.4, -0.2) is 82.6 Å². The second-order valence-corrected chi connectivity index (χ2v) is 10.6. The van der Waals surface area contributed by atoms with E-state index in [1.165, 1.54) is 21.6 Å². The maximum absolute atomic E-state index is 14.4. The molecule has 41 heavy (non-hydrogen) atoms. The first-order chi connectivity index (χ1) is 20.1. The molecule has 2 aliphatic rings. The summed E-state index contributed by atoms with van der Waals surface area (Å²) in [5.41, 5.74) is 2.09. The van der Waals surface area contributed by atoms with Crippen molar-refractivity contribution in [3.8, 4) is 0 Å². The molecule has 0 radical (unpaired) electrons. The zero-order chi connectivity index (χ0) is 28.6. The number of carbonyl (C=O) groups is 3. The van der Waals surface area contributed by atoms with Gasteiger partial charge < -0.3 is 9.47 Å². The molecule has 0 N–H and O–H groups in total. The fraction of sp³-hybridized carbons (Fsp3) is 0.333. The Balaban J connectivity index is 1.46. The lowest BCUT2D eigenvalue weighted by Crippen LogP contribution is -2.59. The monoisotopic (exact) mass is 575 g/mol. The van der Waals surface area contributed by atoms with Crippen LogP contribution in [0.3, 0.4) is 0 Å². The first-order valence-electron chi connectivity index (χ1n) is 13.6. The van der Waals surface area contributed by atoms with Crippen LogP contribution in [0.5, 0.6) is 0 Å². The van der Waals surface area contributed by atoms with Gasteiger partial charge in [-0.15, -0.1) is 11.8 Å². The van der Waals surface area contributed by atoms with Crippen LogP contribution in [0.1, 0.15) is 23.4 Å². The Bertz CT molecular complexity index is 1310. The van der Waals surface area contributed by atoms with Gasteiger partial charge in [-0.05, 0) is 42.3 Å². The van der Waals surface area contributed by atoms with Crippen LogP contribution in [0.15, 0.2) is 85.2 Å². The summed E-state index contributed by atoms with van der Waals surface area (Å²) >= 11 is 1.45. The molecule has 3 heterocycles. The minimum absolute atomic E-state index is 0.0623. The van der Waals surface area contributed by atoms with Crippen molar-refractivity contribution in [2.24, 2.45) is 0 Å². The van der Waals surface area contributed by atoms with Crippen LogP contribution in [0.4, 0.5) is 15.3 Å². The average Bonchev–Trinajstić information content (AvgIpc) is 3.48. The SMILES string of the molecule is CCN(C(=O)N(C(=O)C1CSC(c2ccncc2)N1C(=O)OCc1ccccc1)c1ccccc1)N1CCOCC1. The Kier molecular flexibility index (Phi) is 9.50. The summed E-state index contributed by atoms with van der Waals surface area (Å²) in [6.45, 7) is 4.38. The smallest absolute Gasteiger partial charge is 0.412 e. The van der Waals surface area contributed by atoms with E-state index in [0.29, 0.717) is 44.3 Å². The zero-order valence-electron chi connectivity index (χ0n) is 22.9. The zero-order valence-corrected chi connectivity index (χ0v) is 23.7. The van der Waals surface area contributed by atoms with Crippen molar-refractivity contribution in [3.05, 3.63) is 96.3 Å². The number of urea groups is 1. The predicted octanol–water partition coefficient (Wildman–Crippen LogP) is 4.56. The molecule has 2 saturated heterocycles. The number of thioether (sulfide) groups is 1. The number of anilines is 1. The van der Waals surface area contributed by atoms with Crippen LogP contribution in [0.25, 0.3) is 0 Å². The third kappa shape index (κ3) is 6.53. The summed E-state index contributed by atoms with van der Waals surface area (Å²) in [4.78, 5) is 48.9. The van der Waals surface area contributed by atoms with Crippen molar-refractivity contribution < 1.29 is 23.9 Å². The lowest BCUT2D eigenvalue weighted by Gasteiger charge is -2.39. The third-order valence-corrected chi connectivity index (χ3v) is 8.29. The minimum Gasteiger partial charge on any atom is -0.444 e. The van der Waals surface area contributed by atoms with E-state index >= 15 is 0 Å². The number of carbonyl (C=O) groups excluding carboxylic acids is 3. The van der Waals surface area contributed by atoms with E-state index in [9.17, 15) is 14.4 Å². The van der Waals surface area contributed by atoms with E-state index in [1.807, 2.05) is 60.5 Å². The first kappa shape index (κ1) is 28.6. The molecule has 0 aliphatic carbocycles. The van der Waals surface area contributed by atoms with Crippen molar-refractivity contribution >= 4 is 35.5 Å². The highest BCUT2D eigenvalue weighted by molar-refractivity contribution is 7.99. The van der Waals surface area contributed by atoms with Crippen molar-refractivity contribution in [2.45, 2.75) is 24.9 Å². The summed E-state index contributed by atoms with van der Waals surface area (Å²) < 4.78 is 11.2. The topological polar surface area (TPSA) is 95.5 Å². The molecular formula is C30H33N5O5S. The van der Waals surface area contributed by atoms with Crippen molar-refractivity contribution in [1.82, 2.24) is 19.9 Å². The Morgan fingerprint density at radius 1 is 0.976 bits per heavy atom. The molecule has 2 atom stereocenters. The van der Waals surface area contributed by atoms with E-state index in [4.69, 9.17) is 9.47 Å². The molecule has 214 valence electrons. The summed E-state index contributed by atoms with van der Waals surface area (Å²) in [6, 6.07) is 20.4. The molecule has 2 aromatic carbocycles. The summed E-state index contributed by atoms with van der Waals surface area (Å²) in [6.07, 6.45) is 2.68. The Morgan fingerprint density at radius 3 is 2.29 bits per heavy atom. The Labute approximate surface area is 243 Å². The number of morpholine rings is 1. The van der Waals surface area contributed by atoms with Gasteiger partial charge in [0.1, 0.15) is 18.0 Å². The van der Waals surface area contributed by atoms with E-state index in [2.05, 4.69) is 4.98 Å². The Morgan fingerprint density at radius 2 is 1.63 bits per heavy atom. The van der Waals surface area contributed by atoms with Crippen molar-refractivity contribution in [3.63, 3.8) is 0 Å². The van der Waals surface area contributed by atoms with Crippen LogP contribution in [-0.2, 0) is 20.9 Å². The number of pyridine rings is 1. The molecule has 3 aromatic rings. The second kappa shape index (κ2) is 13.6. The summed E-state index contributed by atoms with van der Waals surface area (Å²) in [5.74, 6) is -0.194. The summed E-state index contributed by atoms with van der Waals surface area (Å²) in [5, 5.41) is 3.00. The number of aromatic nitrogens is 1.